The lowest BCUT2D eigenvalue weighted by Crippen LogP contribution is -1.76. The minimum atomic E-state index is 0.315. The Morgan fingerprint density at radius 3 is 2.33 bits per heavy atom. The van der Waals surface area contributed by atoms with Crippen LogP contribution in [0.25, 0.3) is 0 Å². The summed E-state index contributed by atoms with van der Waals surface area (Å²) in [5.74, 6) is 0. The highest BCUT2D eigenvalue weighted by Gasteiger charge is 1.86. The van der Waals surface area contributed by atoms with Gasteiger partial charge in [-0.2, -0.15) is 0 Å². The van der Waals surface area contributed by atoms with Gasteiger partial charge in [0.2, 0.25) is 0 Å². The first-order chi connectivity index (χ1) is 4.41. The van der Waals surface area contributed by atoms with Crippen LogP contribution in [0.2, 0.25) is 0 Å². The number of hydrogen-bond acceptors (Lipinski definition) is 1. The van der Waals surface area contributed by atoms with Crippen LogP contribution in [0.15, 0.2) is 0 Å². The Labute approximate surface area is 59.0 Å². The highest BCUT2D eigenvalue weighted by Crippen LogP contribution is 2.05. The van der Waals surface area contributed by atoms with Crippen LogP contribution >= 0.6 is 8.46 Å². The zero-order valence-corrected chi connectivity index (χ0v) is 6.99. The van der Waals surface area contributed by atoms with Gasteiger partial charge < -0.3 is 0 Å². The van der Waals surface area contributed by atoms with Gasteiger partial charge >= 0.3 is 0 Å². The van der Waals surface area contributed by atoms with Crippen molar-refractivity contribution < 1.29 is 4.57 Å². The van der Waals surface area contributed by atoms with Crippen molar-refractivity contribution >= 4 is 8.46 Å². The molecule has 54 valence electrons. The molecule has 0 heterocycles. The summed E-state index contributed by atoms with van der Waals surface area (Å²) in [6.07, 6.45) is 7.16. The third-order valence-electron chi connectivity index (χ3n) is 1.35. The van der Waals surface area contributed by atoms with E-state index in [0.717, 1.165) is 12.6 Å². The van der Waals surface area contributed by atoms with Crippen molar-refractivity contribution in [3.8, 4) is 0 Å². The van der Waals surface area contributed by atoms with Crippen LogP contribution in [0.3, 0.4) is 0 Å². The topological polar surface area (TPSA) is 17.1 Å². The van der Waals surface area contributed by atoms with Gasteiger partial charge in [-0.15, -0.1) is 0 Å². The standard InChI is InChI=1S/C7H15OP/c1-2-3-4-5-6-7-9-8/h2-7H2,1H3. The summed E-state index contributed by atoms with van der Waals surface area (Å²) in [5, 5.41) is 0. The van der Waals surface area contributed by atoms with Gasteiger partial charge in [0.1, 0.15) is 0 Å². The minimum absolute atomic E-state index is 0.315. The number of hydrogen-bond donors (Lipinski definition) is 0. The molecular weight excluding hydrogens is 131 g/mol. The van der Waals surface area contributed by atoms with E-state index in [1.54, 1.807) is 0 Å². The molecule has 0 saturated carbocycles. The minimum Gasteiger partial charge on any atom is -0.275 e. The van der Waals surface area contributed by atoms with Gasteiger partial charge in [-0.05, 0) is 6.42 Å². The number of rotatable bonds is 6. The second-order valence-corrected chi connectivity index (χ2v) is 2.97. The molecule has 0 saturated heterocycles. The predicted molar refractivity (Wildman–Crippen MR) is 41.2 cm³/mol. The van der Waals surface area contributed by atoms with Crippen LogP contribution in [-0.4, -0.2) is 6.16 Å². The average molecular weight is 146 g/mol. The molecule has 0 aromatic carbocycles. The van der Waals surface area contributed by atoms with Gasteiger partial charge in [-0.1, -0.05) is 32.6 Å². The van der Waals surface area contributed by atoms with Crippen molar-refractivity contribution in [1.29, 1.82) is 0 Å². The zero-order valence-electron chi connectivity index (χ0n) is 6.10. The van der Waals surface area contributed by atoms with Crippen molar-refractivity contribution in [1.82, 2.24) is 0 Å². The average Bonchev–Trinajstić information content (AvgIpc) is 1.89. The Bertz CT molecular complexity index is 63.9. The molecule has 2 heteroatoms. The fourth-order valence-electron chi connectivity index (χ4n) is 0.780. The molecule has 0 unspecified atom stereocenters. The van der Waals surface area contributed by atoms with Crippen LogP contribution in [0.1, 0.15) is 39.0 Å². The van der Waals surface area contributed by atoms with Gasteiger partial charge in [0.15, 0.2) is 8.46 Å². The molecule has 0 aliphatic rings. The normalized spacial score (nSPS) is 10.3. The fourth-order valence-corrected chi connectivity index (χ4v) is 1.13. The summed E-state index contributed by atoms with van der Waals surface area (Å²) in [7, 11) is 0.315. The van der Waals surface area contributed by atoms with Crippen molar-refractivity contribution in [2.45, 2.75) is 39.0 Å². The molecule has 0 rings (SSSR count). The lowest BCUT2D eigenvalue weighted by molar-refractivity contribution is 0.593. The number of unbranched alkanes of at least 4 members (excludes halogenated alkanes) is 4. The highest BCUT2D eigenvalue weighted by atomic mass is 31.1. The Morgan fingerprint density at radius 1 is 1.11 bits per heavy atom. The van der Waals surface area contributed by atoms with Crippen molar-refractivity contribution in [2.24, 2.45) is 0 Å². The maximum atomic E-state index is 9.93. The van der Waals surface area contributed by atoms with Crippen molar-refractivity contribution in [2.75, 3.05) is 6.16 Å². The quantitative estimate of drug-likeness (QED) is 0.415. The van der Waals surface area contributed by atoms with Gasteiger partial charge in [0.25, 0.3) is 0 Å². The molecule has 0 fully saturated rings. The summed E-state index contributed by atoms with van der Waals surface area (Å²) in [4.78, 5) is 0. The van der Waals surface area contributed by atoms with Crippen LogP contribution in [0.4, 0.5) is 0 Å². The maximum Gasteiger partial charge on any atom is 0.155 e. The molecule has 0 atom stereocenters. The lowest BCUT2D eigenvalue weighted by atomic mass is 10.2. The van der Waals surface area contributed by atoms with E-state index in [4.69, 9.17) is 0 Å². The summed E-state index contributed by atoms with van der Waals surface area (Å²) >= 11 is 0. The van der Waals surface area contributed by atoms with E-state index in [1.807, 2.05) is 0 Å². The summed E-state index contributed by atoms with van der Waals surface area (Å²) in [6.45, 7) is 2.20. The molecular formula is C7H15OP. The van der Waals surface area contributed by atoms with Crippen molar-refractivity contribution in [3.05, 3.63) is 0 Å². The van der Waals surface area contributed by atoms with Crippen LogP contribution in [0, 0.1) is 0 Å². The molecule has 0 amide bonds. The Balaban J connectivity index is 2.66. The third-order valence-corrected chi connectivity index (χ3v) is 1.85. The lowest BCUT2D eigenvalue weighted by Gasteiger charge is -1.93. The van der Waals surface area contributed by atoms with E-state index in [2.05, 4.69) is 6.92 Å². The predicted octanol–water partition coefficient (Wildman–Crippen LogP) is 3.25. The first-order valence-corrected chi connectivity index (χ1v) is 4.70. The molecule has 1 nitrogen and oxygen atoms in total. The largest absolute Gasteiger partial charge is 0.275 e. The molecule has 0 N–H and O–H groups in total. The van der Waals surface area contributed by atoms with Crippen LogP contribution < -0.4 is 0 Å². The molecule has 0 aliphatic heterocycles. The second kappa shape index (κ2) is 8.10. The monoisotopic (exact) mass is 146 g/mol. The van der Waals surface area contributed by atoms with E-state index in [0.29, 0.717) is 8.46 Å². The molecule has 0 radical (unpaired) electrons. The highest BCUT2D eigenvalue weighted by molar-refractivity contribution is 7.23. The van der Waals surface area contributed by atoms with E-state index in [1.165, 1.54) is 25.7 Å². The molecule has 0 aromatic rings. The third kappa shape index (κ3) is 8.10. The zero-order chi connectivity index (χ0) is 6.95. The van der Waals surface area contributed by atoms with Gasteiger partial charge in [-0.3, -0.25) is 4.57 Å². The molecule has 0 spiro atoms. The van der Waals surface area contributed by atoms with Crippen molar-refractivity contribution in [3.63, 3.8) is 0 Å². The molecule has 0 aromatic heterocycles. The SMILES string of the molecule is CCCCCCCP=O. The summed E-state index contributed by atoms with van der Waals surface area (Å²) in [6, 6.07) is 0. The summed E-state index contributed by atoms with van der Waals surface area (Å²) < 4.78 is 9.93. The smallest absolute Gasteiger partial charge is 0.155 e. The Kier molecular flexibility index (Phi) is 8.19. The first-order valence-electron chi connectivity index (χ1n) is 3.71. The van der Waals surface area contributed by atoms with Gasteiger partial charge in [-0.25, -0.2) is 0 Å². The van der Waals surface area contributed by atoms with Gasteiger partial charge in [0, 0.05) is 6.16 Å². The van der Waals surface area contributed by atoms with Crippen LogP contribution in [-0.2, 0) is 4.57 Å². The maximum absolute atomic E-state index is 9.93. The van der Waals surface area contributed by atoms with E-state index in [9.17, 15) is 4.57 Å². The molecule has 0 bridgehead atoms. The Hall–Kier alpha value is 0.100. The van der Waals surface area contributed by atoms with E-state index in [-0.39, 0.29) is 0 Å². The van der Waals surface area contributed by atoms with Gasteiger partial charge in [0.05, 0.1) is 0 Å². The first kappa shape index (κ1) is 9.10. The second-order valence-electron chi connectivity index (χ2n) is 2.27. The summed E-state index contributed by atoms with van der Waals surface area (Å²) in [5.41, 5.74) is 0. The fraction of sp³-hybridized carbons (Fsp3) is 1.00. The Morgan fingerprint density at radius 2 is 1.78 bits per heavy atom. The molecule has 9 heavy (non-hydrogen) atoms. The van der Waals surface area contributed by atoms with E-state index >= 15 is 0 Å². The van der Waals surface area contributed by atoms with E-state index < -0.39 is 0 Å². The van der Waals surface area contributed by atoms with Crippen LogP contribution in [0.5, 0.6) is 0 Å². The molecule has 0 aliphatic carbocycles.